The Hall–Kier alpha value is -2.82. The summed E-state index contributed by atoms with van der Waals surface area (Å²) < 4.78 is 5.85. The summed E-state index contributed by atoms with van der Waals surface area (Å²) in [6.07, 6.45) is 0.601. The first-order valence-corrected chi connectivity index (χ1v) is 11.4. The molecular formula is C27H33N2O2+. The number of para-hydroxylation sites is 1. The van der Waals surface area contributed by atoms with Gasteiger partial charge in [0.1, 0.15) is 25.0 Å². The lowest BCUT2D eigenvalue weighted by molar-refractivity contribution is -0.903. The molecule has 0 bridgehead atoms. The van der Waals surface area contributed by atoms with Crippen molar-refractivity contribution in [3.05, 3.63) is 84.4 Å². The van der Waals surface area contributed by atoms with Crippen LogP contribution in [0.5, 0.6) is 5.75 Å². The Bertz CT molecular complexity index is 935. The SMILES string of the molecule is CCc1ccccc1N1CC[NH+](C[C@@H](O)COc2ccc(-c3ccccc3)cc2)CC1. The molecule has 2 N–H and O–H groups in total. The zero-order valence-corrected chi connectivity index (χ0v) is 18.3. The van der Waals surface area contributed by atoms with Crippen LogP contribution in [-0.4, -0.2) is 50.5 Å². The average molecular weight is 418 g/mol. The van der Waals surface area contributed by atoms with Crippen molar-refractivity contribution >= 4 is 5.69 Å². The van der Waals surface area contributed by atoms with E-state index in [4.69, 9.17) is 4.74 Å². The van der Waals surface area contributed by atoms with Crippen LogP contribution in [0.2, 0.25) is 0 Å². The fraction of sp³-hybridized carbons (Fsp3) is 0.333. The topological polar surface area (TPSA) is 37.1 Å². The van der Waals surface area contributed by atoms with Crippen LogP contribution in [0.15, 0.2) is 78.9 Å². The highest BCUT2D eigenvalue weighted by molar-refractivity contribution is 5.63. The number of aryl methyl sites for hydroxylation is 1. The average Bonchev–Trinajstić information content (AvgIpc) is 2.84. The number of anilines is 1. The van der Waals surface area contributed by atoms with E-state index in [9.17, 15) is 5.11 Å². The number of ether oxygens (including phenoxy) is 1. The van der Waals surface area contributed by atoms with Crippen LogP contribution in [0.1, 0.15) is 12.5 Å². The summed E-state index contributed by atoms with van der Waals surface area (Å²) >= 11 is 0. The Balaban J connectivity index is 1.22. The van der Waals surface area contributed by atoms with Gasteiger partial charge in [-0.3, -0.25) is 0 Å². The molecule has 4 heteroatoms. The molecule has 0 radical (unpaired) electrons. The number of benzene rings is 3. The van der Waals surface area contributed by atoms with E-state index < -0.39 is 6.10 Å². The van der Waals surface area contributed by atoms with Crippen LogP contribution in [0.25, 0.3) is 11.1 Å². The third kappa shape index (κ3) is 5.66. The van der Waals surface area contributed by atoms with Crippen molar-refractivity contribution in [1.82, 2.24) is 0 Å². The van der Waals surface area contributed by atoms with Gasteiger partial charge < -0.3 is 19.6 Å². The van der Waals surface area contributed by atoms with Crippen molar-refractivity contribution in [3.8, 4) is 16.9 Å². The molecule has 0 spiro atoms. The van der Waals surface area contributed by atoms with Gasteiger partial charge in [-0.1, -0.05) is 67.6 Å². The minimum atomic E-state index is -0.460. The van der Waals surface area contributed by atoms with E-state index in [1.54, 1.807) is 0 Å². The molecule has 31 heavy (non-hydrogen) atoms. The molecule has 3 aromatic rings. The Morgan fingerprint density at radius 2 is 1.52 bits per heavy atom. The fourth-order valence-corrected chi connectivity index (χ4v) is 4.35. The zero-order valence-electron chi connectivity index (χ0n) is 18.3. The Kier molecular flexibility index (Phi) is 7.23. The summed E-state index contributed by atoms with van der Waals surface area (Å²) in [7, 11) is 0. The lowest BCUT2D eigenvalue weighted by Crippen LogP contribution is -3.16. The Morgan fingerprint density at radius 3 is 2.23 bits per heavy atom. The summed E-state index contributed by atoms with van der Waals surface area (Å²) in [6, 6.07) is 27.1. The number of nitrogens with zero attached hydrogens (tertiary/aromatic N) is 1. The molecule has 3 aromatic carbocycles. The minimum absolute atomic E-state index is 0.330. The van der Waals surface area contributed by atoms with Gasteiger partial charge in [-0.2, -0.15) is 0 Å². The van der Waals surface area contributed by atoms with Gasteiger partial charge >= 0.3 is 0 Å². The number of piperazine rings is 1. The summed E-state index contributed by atoms with van der Waals surface area (Å²) in [5, 5.41) is 10.5. The number of nitrogens with one attached hydrogen (secondary N) is 1. The van der Waals surface area contributed by atoms with Crippen LogP contribution in [0.3, 0.4) is 0 Å². The molecule has 1 aliphatic rings. The second-order valence-corrected chi connectivity index (χ2v) is 8.28. The molecule has 1 atom stereocenters. The van der Waals surface area contributed by atoms with Gasteiger partial charge in [0.2, 0.25) is 0 Å². The summed E-state index contributed by atoms with van der Waals surface area (Å²) in [5.74, 6) is 0.801. The molecule has 4 rings (SSSR count). The molecule has 0 aromatic heterocycles. The van der Waals surface area contributed by atoms with E-state index in [0.717, 1.165) is 44.9 Å². The maximum atomic E-state index is 10.5. The van der Waals surface area contributed by atoms with Gasteiger partial charge in [0, 0.05) is 5.69 Å². The highest BCUT2D eigenvalue weighted by Crippen LogP contribution is 2.22. The lowest BCUT2D eigenvalue weighted by atomic mass is 10.1. The van der Waals surface area contributed by atoms with Crippen molar-refractivity contribution in [2.45, 2.75) is 19.4 Å². The third-order valence-electron chi connectivity index (χ3n) is 6.11. The Labute approximate surface area is 185 Å². The normalized spacial score (nSPS) is 15.6. The summed E-state index contributed by atoms with van der Waals surface area (Å²) in [5.41, 5.74) is 5.14. The standard InChI is InChI=1S/C27H32N2O2/c1-2-22-8-6-7-11-27(22)29-18-16-28(17-19-29)20-25(30)21-31-26-14-12-24(13-15-26)23-9-4-3-5-10-23/h3-15,25,30H,2,16-21H2,1H3/p+1/t25-/m1/s1. The van der Waals surface area contributed by atoms with E-state index in [1.165, 1.54) is 27.3 Å². The van der Waals surface area contributed by atoms with Crippen LogP contribution in [-0.2, 0) is 6.42 Å². The molecule has 1 heterocycles. The van der Waals surface area contributed by atoms with Crippen molar-refractivity contribution in [2.75, 3.05) is 44.2 Å². The van der Waals surface area contributed by atoms with E-state index in [1.807, 2.05) is 30.3 Å². The molecule has 1 aliphatic heterocycles. The molecule has 162 valence electrons. The predicted molar refractivity (Wildman–Crippen MR) is 127 cm³/mol. The van der Waals surface area contributed by atoms with Gasteiger partial charge in [0.05, 0.1) is 26.2 Å². The number of hydrogen-bond acceptors (Lipinski definition) is 3. The van der Waals surface area contributed by atoms with Gasteiger partial charge in [-0.05, 0) is 41.3 Å². The van der Waals surface area contributed by atoms with Crippen molar-refractivity contribution in [1.29, 1.82) is 0 Å². The third-order valence-corrected chi connectivity index (χ3v) is 6.11. The van der Waals surface area contributed by atoms with Gasteiger partial charge in [-0.15, -0.1) is 0 Å². The van der Waals surface area contributed by atoms with E-state index in [2.05, 4.69) is 60.4 Å². The van der Waals surface area contributed by atoms with Crippen molar-refractivity contribution in [3.63, 3.8) is 0 Å². The first kappa shape index (κ1) is 21.4. The molecule has 1 fully saturated rings. The summed E-state index contributed by atoms with van der Waals surface area (Å²) in [6.45, 7) is 7.41. The monoisotopic (exact) mass is 417 g/mol. The van der Waals surface area contributed by atoms with Crippen LogP contribution in [0.4, 0.5) is 5.69 Å². The van der Waals surface area contributed by atoms with Crippen molar-refractivity contribution < 1.29 is 14.7 Å². The number of aliphatic hydroxyl groups is 1. The smallest absolute Gasteiger partial charge is 0.137 e. The zero-order chi connectivity index (χ0) is 21.5. The molecule has 0 unspecified atom stereocenters. The van der Waals surface area contributed by atoms with Gasteiger partial charge in [0.15, 0.2) is 0 Å². The molecule has 0 saturated carbocycles. The summed E-state index contributed by atoms with van der Waals surface area (Å²) in [4.78, 5) is 3.93. The van der Waals surface area contributed by atoms with Gasteiger partial charge in [-0.25, -0.2) is 0 Å². The maximum absolute atomic E-state index is 10.5. The molecule has 0 aliphatic carbocycles. The second kappa shape index (κ2) is 10.5. The largest absolute Gasteiger partial charge is 0.491 e. The minimum Gasteiger partial charge on any atom is -0.491 e. The molecule has 4 nitrogen and oxygen atoms in total. The van der Waals surface area contributed by atoms with Crippen LogP contribution < -0.4 is 14.5 Å². The van der Waals surface area contributed by atoms with E-state index in [-0.39, 0.29) is 0 Å². The van der Waals surface area contributed by atoms with Crippen LogP contribution >= 0.6 is 0 Å². The van der Waals surface area contributed by atoms with E-state index in [0.29, 0.717) is 6.61 Å². The van der Waals surface area contributed by atoms with Crippen molar-refractivity contribution in [2.24, 2.45) is 0 Å². The number of quaternary nitrogens is 1. The highest BCUT2D eigenvalue weighted by Gasteiger charge is 2.23. The number of hydrogen-bond donors (Lipinski definition) is 2. The second-order valence-electron chi connectivity index (χ2n) is 8.28. The predicted octanol–water partition coefficient (Wildman–Crippen LogP) is 3.06. The van der Waals surface area contributed by atoms with Crippen LogP contribution in [0, 0.1) is 0 Å². The fourth-order valence-electron chi connectivity index (χ4n) is 4.35. The maximum Gasteiger partial charge on any atom is 0.137 e. The highest BCUT2D eigenvalue weighted by atomic mass is 16.5. The quantitative estimate of drug-likeness (QED) is 0.592. The number of rotatable bonds is 8. The first-order chi connectivity index (χ1) is 15.2. The molecular weight excluding hydrogens is 384 g/mol. The lowest BCUT2D eigenvalue weighted by Gasteiger charge is -2.35. The number of aliphatic hydroxyl groups excluding tert-OH is 1. The van der Waals surface area contributed by atoms with Gasteiger partial charge in [0.25, 0.3) is 0 Å². The molecule has 1 saturated heterocycles. The molecule has 0 amide bonds. The van der Waals surface area contributed by atoms with E-state index >= 15 is 0 Å². The first-order valence-electron chi connectivity index (χ1n) is 11.4. The Morgan fingerprint density at radius 1 is 0.871 bits per heavy atom.